The molecule has 1 aromatic carbocycles. The largest absolute Gasteiger partial charge is 0.478 e. The predicted molar refractivity (Wildman–Crippen MR) is 66.4 cm³/mol. The van der Waals surface area contributed by atoms with Crippen LogP contribution < -0.4 is 0 Å². The summed E-state index contributed by atoms with van der Waals surface area (Å²) in [6.45, 7) is 12.1. The first-order chi connectivity index (χ1) is 7.29. The third-order valence-electron chi connectivity index (χ3n) is 3.53. The highest BCUT2D eigenvalue weighted by Gasteiger charge is 2.21. The van der Waals surface area contributed by atoms with Gasteiger partial charge in [0.15, 0.2) is 0 Å². The Balaban J connectivity index is 3.76. The maximum atomic E-state index is 11.4. The fourth-order valence-corrected chi connectivity index (χ4v) is 2.34. The molecule has 0 spiro atoms. The highest BCUT2D eigenvalue weighted by Crippen LogP contribution is 2.31. The van der Waals surface area contributed by atoms with Crippen LogP contribution in [0.3, 0.4) is 0 Å². The van der Waals surface area contributed by atoms with Gasteiger partial charge < -0.3 is 5.11 Å². The molecule has 0 saturated carbocycles. The van der Waals surface area contributed by atoms with Gasteiger partial charge in [-0.25, -0.2) is 4.79 Å². The lowest BCUT2D eigenvalue weighted by molar-refractivity contribution is 0.0694. The third kappa shape index (κ3) is 1.84. The molecule has 0 saturated heterocycles. The molecule has 2 heteroatoms. The minimum absolute atomic E-state index is 0.240. The monoisotopic (exact) mass is 220 g/mol. The fourth-order valence-electron chi connectivity index (χ4n) is 2.34. The molecule has 0 amide bonds. The number of rotatable bonds is 2. The molecule has 0 radical (unpaired) electrons. The summed E-state index contributed by atoms with van der Waals surface area (Å²) >= 11 is 0. The van der Waals surface area contributed by atoms with Gasteiger partial charge in [-0.1, -0.05) is 13.8 Å². The van der Waals surface area contributed by atoms with Crippen LogP contribution >= 0.6 is 0 Å². The van der Waals surface area contributed by atoms with Crippen LogP contribution in [0.25, 0.3) is 0 Å². The van der Waals surface area contributed by atoms with Crippen LogP contribution in [0.2, 0.25) is 0 Å². The summed E-state index contributed by atoms with van der Waals surface area (Å²) < 4.78 is 0. The van der Waals surface area contributed by atoms with E-state index in [-0.39, 0.29) is 5.92 Å². The van der Waals surface area contributed by atoms with Gasteiger partial charge in [-0.2, -0.15) is 0 Å². The van der Waals surface area contributed by atoms with Crippen LogP contribution in [-0.4, -0.2) is 11.1 Å². The summed E-state index contributed by atoms with van der Waals surface area (Å²) in [5.74, 6) is -0.573. The summed E-state index contributed by atoms with van der Waals surface area (Å²) in [5.41, 5.74) is 5.81. The second-order valence-electron chi connectivity index (χ2n) is 4.75. The Morgan fingerprint density at radius 3 is 1.75 bits per heavy atom. The van der Waals surface area contributed by atoms with Crippen LogP contribution in [0.5, 0.6) is 0 Å². The van der Waals surface area contributed by atoms with Gasteiger partial charge in [0.05, 0.1) is 5.56 Å². The maximum Gasteiger partial charge on any atom is 0.336 e. The van der Waals surface area contributed by atoms with Crippen molar-refractivity contribution in [1.82, 2.24) is 0 Å². The van der Waals surface area contributed by atoms with Crippen molar-refractivity contribution in [3.05, 3.63) is 33.4 Å². The van der Waals surface area contributed by atoms with Gasteiger partial charge in [0.1, 0.15) is 0 Å². The molecule has 1 N–H and O–H groups in total. The number of benzene rings is 1. The molecule has 0 heterocycles. The zero-order valence-corrected chi connectivity index (χ0v) is 10.9. The highest BCUT2D eigenvalue weighted by atomic mass is 16.4. The lowest BCUT2D eigenvalue weighted by atomic mass is 9.84. The topological polar surface area (TPSA) is 37.3 Å². The molecule has 0 aromatic heterocycles. The lowest BCUT2D eigenvalue weighted by Gasteiger charge is -2.20. The summed E-state index contributed by atoms with van der Waals surface area (Å²) in [6.07, 6.45) is 0. The quantitative estimate of drug-likeness (QED) is 0.824. The van der Waals surface area contributed by atoms with Crippen molar-refractivity contribution in [3.63, 3.8) is 0 Å². The molecule has 2 nitrogen and oxygen atoms in total. The Kier molecular flexibility index (Phi) is 3.41. The predicted octanol–water partition coefficient (Wildman–Crippen LogP) is 3.74. The summed E-state index contributed by atoms with van der Waals surface area (Å²) in [7, 11) is 0. The number of carboxylic acid groups (broad SMARTS) is 1. The van der Waals surface area contributed by atoms with Gasteiger partial charge >= 0.3 is 5.97 Å². The maximum absolute atomic E-state index is 11.4. The van der Waals surface area contributed by atoms with E-state index in [1.165, 1.54) is 5.56 Å². The molecule has 0 fully saturated rings. The third-order valence-corrected chi connectivity index (χ3v) is 3.53. The number of hydrogen-bond acceptors (Lipinski definition) is 1. The molecule has 0 atom stereocenters. The van der Waals surface area contributed by atoms with Gasteiger partial charge in [-0.3, -0.25) is 0 Å². The van der Waals surface area contributed by atoms with E-state index in [0.29, 0.717) is 5.56 Å². The first kappa shape index (κ1) is 12.8. The Morgan fingerprint density at radius 2 is 1.38 bits per heavy atom. The average molecular weight is 220 g/mol. The van der Waals surface area contributed by atoms with E-state index in [9.17, 15) is 9.90 Å². The van der Waals surface area contributed by atoms with Crippen molar-refractivity contribution in [3.8, 4) is 0 Å². The van der Waals surface area contributed by atoms with E-state index in [2.05, 4.69) is 6.92 Å². The molecule has 0 bridgehead atoms. The summed E-state index contributed by atoms with van der Waals surface area (Å²) in [4.78, 5) is 11.4. The molecule has 16 heavy (non-hydrogen) atoms. The van der Waals surface area contributed by atoms with Gasteiger partial charge in [0.2, 0.25) is 0 Å². The Labute approximate surface area is 97.3 Å². The van der Waals surface area contributed by atoms with Crippen molar-refractivity contribution >= 4 is 5.97 Å². The van der Waals surface area contributed by atoms with Crippen molar-refractivity contribution in [2.24, 2.45) is 0 Å². The fraction of sp³-hybridized carbons (Fsp3) is 0.500. The SMILES string of the molecule is Cc1c(C)c(C)c(C(C)C)c(C(=O)O)c1C. The van der Waals surface area contributed by atoms with Gasteiger partial charge in [0, 0.05) is 0 Å². The van der Waals surface area contributed by atoms with Crippen molar-refractivity contribution < 1.29 is 9.90 Å². The van der Waals surface area contributed by atoms with Crippen LogP contribution in [0.4, 0.5) is 0 Å². The normalized spacial score (nSPS) is 10.9. The summed E-state index contributed by atoms with van der Waals surface area (Å²) in [6, 6.07) is 0. The Bertz CT molecular complexity index is 443. The second kappa shape index (κ2) is 4.28. The van der Waals surface area contributed by atoms with Crippen LogP contribution in [-0.2, 0) is 0 Å². The Hall–Kier alpha value is -1.31. The first-order valence-electron chi connectivity index (χ1n) is 5.62. The number of aromatic carboxylic acids is 1. The number of hydrogen-bond donors (Lipinski definition) is 1. The van der Waals surface area contributed by atoms with E-state index in [1.54, 1.807) is 0 Å². The van der Waals surface area contributed by atoms with E-state index in [0.717, 1.165) is 22.3 Å². The molecule has 0 unspecified atom stereocenters. The second-order valence-corrected chi connectivity index (χ2v) is 4.75. The molecule has 0 aliphatic heterocycles. The molecule has 1 rings (SSSR count). The molecular formula is C14H20O2. The standard InChI is InChI=1S/C14H20O2/c1-7(2)12-10(5)8(3)9(4)11(6)13(12)14(15)16/h7H,1-6H3,(H,15,16). The van der Waals surface area contributed by atoms with Gasteiger partial charge in [0.25, 0.3) is 0 Å². The Morgan fingerprint density at radius 1 is 0.938 bits per heavy atom. The zero-order chi connectivity index (χ0) is 12.6. The summed E-state index contributed by atoms with van der Waals surface area (Å²) in [5, 5.41) is 9.34. The highest BCUT2D eigenvalue weighted by molar-refractivity contribution is 5.92. The number of carboxylic acids is 1. The van der Waals surface area contributed by atoms with Gasteiger partial charge in [-0.05, 0) is 61.4 Å². The van der Waals surface area contributed by atoms with Crippen LogP contribution in [0, 0.1) is 27.7 Å². The van der Waals surface area contributed by atoms with Crippen LogP contribution in [0.15, 0.2) is 0 Å². The van der Waals surface area contributed by atoms with Crippen molar-refractivity contribution in [2.75, 3.05) is 0 Å². The van der Waals surface area contributed by atoms with E-state index >= 15 is 0 Å². The van der Waals surface area contributed by atoms with E-state index < -0.39 is 5.97 Å². The minimum atomic E-state index is -0.813. The van der Waals surface area contributed by atoms with Crippen LogP contribution in [0.1, 0.15) is 57.9 Å². The molecule has 0 aliphatic rings. The zero-order valence-electron chi connectivity index (χ0n) is 10.9. The lowest BCUT2D eigenvalue weighted by Crippen LogP contribution is -2.12. The van der Waals surface area contributed by atoms with Gasteiger partial charge in [-0.15, -0.1) is 0 Å². The minimum Gasteiger partial charge on any atom is -0.478 e. The molecule has 0 aliphatic carbocycles. The molecule has 1 aromatic rings. The van der Waals surface area contributed by atoms with Crippen molar-refractivity contribution in [1.29, 1.82) is 0 Å². The molecule has 88 valence electrons. The average Bonchev–Trinajstić information content (AvgIpc) is 2.18. The van der Waals surface area contributed by atoms with Crippen molar-refractivity contribution in [2.45, 2.75) is 47.5 Å². The van der Waals surface area contributed by atoms with E-state index in [4.69, 9.17) is 0 Å². The molecular weight excluding hydrogens is 200 g/mol. The number of carbonyl (C=O) groups is 1. The first-order valence-corrected chi connectivity index (χ1v) is 5.62. The smallest absolute Gasteiger partial charge is 0.336 e. The van der Waals surface area contributed by atoms with E-state index in [1.807, 2.05) is 34.6 Å².